The number of anilines is 1. The number of carbonyl (C=O) groups excluding carboxylic acids is 1. The smallest absolute Gasteiger partial charge is 0.303 e. The quantitative estimate of drug-likeness (QED) is 0.629. The Morgan fingerprint density at radius 1 is 1.38 bits per heavy atom. The van der Waals surface area contributed by atoms with Gasteiger partial charge >= 0.3 is 5.97 Å². The second-order valence-electron chi connectivity index (χ2n) is 3.17. The van der Waals surface area contributed by atoms with Gasteiger partial charge in [0, 0.05) is 12.0 Å². The number of aliphatic carboxylic acids is 1. The fourth-order valence-corrected chi connectivity index (χ4v) is 1.39. The van der Waals surface area contributed by atoms with Gasteiger partial charge in [-0.15, -0.1) is 0 Å². The van der Waals surface area contributed by atoms with Crippen molar-refractivity contribution in [1.29, 1.82) is 0 Å². The van der Waals surface area contributed by atoms with Crippen molar-refractivity contribution in [3.05, 3.63) is 28.5 Å². The van der Waals surface area contributed by atoms with Crippen LogP contribution in [-0.2, 0) is 4.79 Å². The van der Waals surface area contributed by atoms with E-state index in [1.54, 1.807) is 0 Å². The Hall–Kier alpha value is -1.62. The number of ketones is 1. The molecule has 1 aromatic carbocycles. The SMILES string of the molecule is Nc1cc(C(=O)CCC(=O)O)c(Cl)cc1F. The zero-order chi connectivity index (χ0) is 12.3. The molecule has 0 spiro atoms. The summed E-state index contributed by atoms with van der Waals surface area (Å²) in [6.45, 7) is 0. The number of halogens is 2. The van der Waals surface area contributed by atoms with E-state index in [4.69, 9.17) is 22.4 Å². The lowest BCUT2D eigenvalue weighted by Gasteiger charge is -2.04. The lowest BCUT2D eigenvalue weighted by atomic mass is 10.1. The van der Waals surface area contributed by atoms with E-state index in [0.717, 1.165) is 12.1 Å². The molecule has 0 saturated heterocycles. The third-order valence-corrected chi connectivity index (χ3v) is 2.27. The van der Waals surface area contributed by atoms with Crippen LogP contribution >= 0.6 is 11.6 Å². The Morgan fingerprint density at radius 3 is 2.56 bits per heavy atom. The topological polar surface area (TPSA) is 80.4 Å². The van der Waals surface area contributed by atoms with Crippen LogP contribution in [0.1, 0.15) is 23.2 Å². The summed E-state index contributed by atoms with van der Waals surface area (Å²) < 4.78 is 12.9. The normalized spacial score (nSPS) is 10.1. The van der Waals surface area contributed by atoms with Gasteiger partial charge in [0.25, 0.3) is 0 Å². The zero-order valence-electron chi connectivity index (χ0n) is 8.17. The Morgan fingerprint density at radius 2 is 2.00 bits per heavy atom. The van der Waals surface area contributed by atoms with Gasteiger partial charge in [-0.3, -0.25) is 9.59 Å². The Balaban J connectivity index is 2.91. The summed E-state index contributed by atoms with van der Waals surface area (Å²) in [5.41, 5.74) is 5.13. The van der Waals surface area contributed by atoms with Crippen LogP contribution in [0.5, 0.6) is 0 Å². The van der Waals surface area contributed by atoms with E-state index in [1.165, 1.54) is 0 Å². The van der Waals surface area contributed by atoms with Crippen molar-refractivity contribution in [1.82, 2.24) is 0 Å². The maximum atomic E-state index is 12.9. The summed E-state index contributed by atoms with van der Waals surface area (Å²) in [4.78, 5) is 21.8. The zero-order valence-corrected chi connectivity index (χ0v) is 8.92. The lowest BCUT2D eigenvalue weighted by molar-refractivity contribution is -0.136. The number of nitrogens with two attached hydrogens (primary N) is 1. The molecule has 0 saturated carbocycles. The van der Waals surface area contributed by atoms with Gasteiger partial charge in [-0.1, -0.05) is 11.6 Å². The van der Waals surface area contributed by atoms with E-state index in [1.807, 2.05) is 0 Å². The minimum atomic E-state index is -1.08. The molecule has 0 atom stereocenters. The first-order chi connectivity index (χ1) is 7.41. The average Bonchev–Trinajstić information content (AvgIpc) is 2.20. The van der Waals surface area contributed by atoms with Gasteiger partial charge in [-0.25, -0.2) is 4.39 Å². The van der Waals surface area contributed by atoms with Crippen LogP contribution in [0.2, 0.25) is 5.02 Å². The summed E-state index contributed by atoms with van der Waals surface area (Å²) in [7, 11) is 0. The highest BCUT2D eigenvalue weighted by molar-refractivity contribution is 6.34. The molecule has 1 aromatic rings. The van der Waals surface area contributed by atoms with E-state index in [9.17, 15) is 14.0 Å². The number of benzene rings is 1. The molecule has 0 radical (unpaired) electrons. The van der Waals surface area contributed by atoms with Crippen LogP contribution in [0.15, 0.2) is 12.1 Å². The molecule has 0 unspecified atom stereocenters. The third kappa shape index (κ3) is 2.93. The van der Waals surface area contributed by atoms with Crippen LogP contribution in [0.25, 0.3) is 0 Å². The van der Waals surface area contributed by atoms with Crippen molar-refractivity contribution in [3.63, 3.8) is 0 Å². The summed E-state index contributed by atoms with van der Waals surface area (Å²) in [5.74, 6) is -2.27. The first-order valence-corrected chi connectivity index (χ1v) is 4.79. The van der Waals surface area contributed by atoms with Crippen molar-refractivity contribution in [3.8, 4) is 0 Å². The molecule has 86 valence electrons. The molecule has 4 nitrogen and oxygen atoms in total. The highest BCUT2D eigenvalue weighted by Crippen LogP contribution is 2.23. The van der Waals surface area contributed by atoms with Crippen molar-refractivity contribution in [2.24, 2.45) is 0 Å². The fourth-order valence-electron chi connectivity index (χ4n) is 1.13. The number of Topliss-reactive ketones (excluding diaryl/α,β-unsaturated/α-hetero) is 1. The van der Waals surface area contributed by atoms with Gasteiger partial charge in [-0.2, -0.15) is 0 Å². The van der Waals surface area contributed by atoms with Gasteiger partial charge in [0.2, 0.25) is 0 Å². The lowest BCUT2D eigenvalue weighted by Crippen LogP contribution is -2.06. The standard InChI is InChI=1S/C10H9ClFNO3/c11-6-4-7(12)8(13)3-5(6)9(14)1-2-10(15)16/h3-4H,1-2,13H2,(H,15,16). The van der Waals surface area contributed by atoms with Gasteiger partial charge in [0.05, 0.1) is 17.1 Å². The molecule has 0 aromatic heterocycles. The maximum absolute atomic E-state index is 12.9. The monoisotopic (exact) mass is 245 g/mol. The van der Waals surface area contributed by atoms with Crippen molar-refractivity contribution >= 4 is 29.0 Å². The van der Waals surface area contributed by atoms with E-state index < -0.39 is 17.6 Å². The number of hydrogen-bond donors (Lipinski definition) is 2. The summed E-state index contributed by atoms with van der Waals surface area (Å²) in [6.07, 6.45) is -0.493. The molecule has 6 heteroatoms. The molecular formula is C10H9ClFNO3. The maximum Gasteiger partial charge on any atom is 0.303 e. The number of rotatable bonds is 4. The largest absolute Gasteiger partial charge is 0.481 e. The van der Waals surface area contributed by atoms with Crippen LogP contribution in [-0.4, -0.2) is 16.9 Å². The number of carbonyl (C=O) groups is 2. The minimum Gasteiger partial charge on any atom is -0.481 e. The number of carboxylic acid groups (broad SMARTS) is 1. The summed E-state index contributed by atoms with van der Waals surface area (Å²) in [6, 6.07) is 2.05. The Kier molecular flexibility index (Phi) is 3.84. The molecule has 0 aliphatic carbocycles. The third-order valence-electron chi connectivity index (χ3n) is 1.95. The first-order valence-electron chi connectivity index (χ1n) is 4.41. The van der Waals surface area contributed by atoms with Crippen LogP contribution < -0.4 is 5.73 Å². The molecule has 0 amide bonds. The van der Waals surface area contributed by atoms with Crippen molar-refractivity contribution in [2.75, 3.05) is 5.73 Å². The summed E-state index contributed by atoms with van der Waals surface area (Å²) >= 11 is 5.65. The van der Waals surface area contributed by atoms with Gasteiger partial charge in [-0.05, 0) is 12.1 Å². The fraction of sp³-hybridized carbons (Fsp3) is 0.200. The predicted molar refractivity (Wildman–Crippen MR) is 57.0 cm³/mol. The Labute approximate surface area is 95.8 Å². The second kappa shape index (κ2) is 4.94. The molecule has 0 aliphatic rings. The first kappa shape index (κ1) is 12.4. The molecular weight excluding hydrogens is 237 g/mol. The van der Waals surface area contributed by atoms with E-state index in [2.05, 4.69) is 0 Å². The van der Waals surface area contributed by atoms with E-state index in [-0.39, 0.29) is 29.1 Å². The average molecular weight is 246 g/mol. The number of hydrogen-bond acceptors (Lipinski definition) is 3. The number of nitrogen functional groups attached to an aromatic ring is 1. The Bertz CT molecular complexity index is 448. The minimum absolute atomic E-state index is 0.0433. The highest BCUT2D eigenvalue weighted by Gasteiger charge is 2.14. The molecule has 0 aliphatic heterocycles. The molecule has 16 heavy (non-hydrogen) atoms. The van der Waals surface area contributed by atoms with Gasteiger partial charge in [0.15, 0.2) is 5.78 Å². The molecule has 3 N–H and O–H groups in total. The second-order valence-corrected chi connectivity index (χ2v) is 3.58. The molecule has 0 fully saturated rings. The predicted octanol–water partition coefficient (Wildman–Crippen LogP) is 2.11. The van der Waals surface area contributed by atoms with Crippen LogP contribution in [0.3, 0.4) is 0 Å². The van der Waals surface area contributed by atoms with E-state index >= 15 is 0 Å². The van der Waals surface area contributed by atoms with Gasteiger partial charge < -0.3 is 10.8 Å². The number of carboxylic acids is 1. The van der Waals surface area contributed by atoms with Crippen LogP contribution in [0, 0.1) is 5.82 Å². The molecule has 0 heterocycles. The van der Waals surface area contributed by atoms with Crippen molar-refractivity contribution in [2.45, 2.75) is 12.8 Å². The highest BCUT2D eigenvalue weighted by atomic mass is 35.5. The van der Waals surface area contributed by atoms with E-state index in [0.29, 0.717) is 0 Å². The summed E-state index contributed by atoms with van der Waals surface area (Å²) in [5, 5.41) is 8.34. The van der Waals surface area contributed by atoms with Crippen molar-refractivity contribution < 1.29 is 19.1 Å². The van der Waals surface area contributed by atoms with Gasteiger partial charge in [0.1, 0.15) is 5.82 Å². The van der Waals surface area contributed by atoms with Crippen LogP contribution in [0.4, 0.5) is 10.1 Å². The molecule has 1 rings (SSSR count). The molecule has 0 bridgehead atoms.